The lowest BCUT2D eigenvalue weighted by atomic mass is 9.88. The van der Waals surface area contributed by atoms with E-state index in [1.54, 1.807) is 0 Å². The average Bonchev–Trinajstić information content (AvgIpc) is 2.70. The van der Waals surface area contributed by atoms with E-state index in [-0.39, 0.29) is 0 Å². The summed E-state index contributed by atoms with van der Waals surface area (Å²) in [6.07, 6.45) is -12.8. The average molecular weight is 529 g/mol. The maximum atomic E-state index is 14.1. The first-order chi connectivity index (χ1) is 15.0. The zero-order chi connectivity index (χ0) is 27.2. The van der Waals surface area contributed by atoms with Crippen LogP contribution in [0.3, 0.4) is 0 Å². The van der Waals surface area contributed by atoms with Crippen molar-refractivity contribution in [1.82, 2.24) is 0 Å². The summed E-state index contributed by atoms with van der Waals surface area (Å²) in [6.45, 7) is 0. The molecule has 1 aromatic rings. The summed E-state index contributed by atoms with van der Waals surface area (Å²) in [4.78, 5) is 0. The first-order valence-corrected chi connectivity index (χ1v) is 8.33. The molecule has 1 rings (SSSR count). The fraction of sp³-hybridized carbons (Fsp3) is 0.588. The summed E-state index contributed by atoms with van der Waals surface area (Å²) in [5.74, 6) is -46.9. The van der Waals surface area contributed by atoms with Gasteiger partial charge in [-0.25, -0.2) is 0 Å². The fourth-order valence-corrected chi connectivity index (χ4v) is 2.56. The molecule has 34 heavy (non-hydrogen) atoms. The molecule has 0 bridgehead atoms. The molecule has 0 heterocycles. The molecule has 1 unspecified atom stereocenters. The van der Waals surface area contributed by atoms with Gasteiger partial charge < -0.3 is 4.74 Å². The first kappa shape index (κ1) is 29.7. The van der Waals surface area contributed by atoms with Crippen molar-refractivity contribution in [1.29, 1.82) is 5.26 Å². The van der Waals surface area contributed by atoms with Gasteiger partial charge in [0.15, 0.2) is 0 Å². The van der Waals surface area contributed by atoms with Crippen molar-refractivity contribution in [2.45, 2.75) is 54.2 Å². The number of benzene rings is 1. The molecular formula is C17H10F15NO. The highest BCUT2D eigenvalue weighted by Crippen LogP contribution is 2.63. The number of halogens is 15. The Labute approximate surface area is 179 Å². The Morgan fingerprint density at radius 2 is 1.12 bits per heavy atom. The van der Waals surface area contributed by atoms with Crippen LogP contribution < -0.4 is 0 Å². The zero-order valence-electron chi connectivity index (χ0n) is 16.1. The second kappa shape index (κ2) is 8.68. The molecule has 2 nitrogen and oxygen atoms in total. The molecule has 0 aliphatic carbocycles. The molecule has 0 amide bonds. The van der Waals surface area contributed by atoms with Gasteiger partial charge in [0, 0.05) is 13.5 Å². The smallest absolute Gasteiger partial charge is 0.376 e. The standard InChI is InChI=1S/C17H10F15NO/c1-34-10(9-5-3-2-4-8(9)7-33)6-11(18,19)12(20,21)13(22,23)14(24,25)15(26,27)16(28,29)17(30,31)32/h2-5,10H,6H2,1H3. The second-order valence-electron chi connectivity index (χ2n) is 6.70. The number of ether oxygens (including phenoxy) is 1. The van der Waals surface area contributed by atoms with Crippen LogP contribution in [0.4, 0.5) is 65.9 Å². The van der Waals surface area contributed by atoms with Gasteiger partial charge in [-0.05, 0) is 11.6 Å². The van der Waals surface area contributed by atoms with Crippen LogP contribution in [-0.4, -0.2) is 48.8 Å². The molecule has 0 aromatic heterocycles. The minimum Gasteiger partial charge on any atom is -0.376 e. The van der Waals surface area contributed by atoms with Gasteiger partial charge in [0.05, 0.1) is 17.7 Å². The van der Waals surface area contributed by atoms with Gasteiger partial charge >= 0.3 is 41.7 Å². The van der Waals surface area contributed by atoms with E-state index in [1.165, 1.54) is 6.07 Å². The number of alkyl halides is 15. The van der Waals surface area contributed by atoms with Gasteiger partial charge in [0.25, 0.3) is 0 Å². The molecular weight excluding hydrogens is 519 g/mol. The molecule has 0 radical (unpaired) electrons. The Balaban J connectivity index is 3.55. The van der Waals surface area contributed by atoms with Crippen molar-refractivity contribution in [2.24, 2.45) is 0 Å². The molecule has 0 saturated heterocycles. The Morgan fingerprint density at radius 3 is 1.53 bits per heavy atom. The summed E-state index contributed by atoms with van der Waals surface area (Å²) in [5.41, 5.74) is -1.23. The number of rotatable bonds is 9. The van der Waals surface area contributed by atoms with E-state index in [0.717, 1.165) is 24.3 Å². The number of methoxy groups -OCH3 is 1. The van der Waals surface area contributed by atoms with Crippen LogP contribution in [0.5, 0.6) is 0 Å². The third kappa shape index (κ3) is 4.24. The lowest BCUT2D eigenvalue weighted by molar-refractivity contribution is -0.453. The van der Waals surface area contributed by atoms with Crippen molar-refractivity contribution in [2.75, 3.05) is 7.11 Å². The number of nitriles is 1. The van der Waals surface area contributed by atoms with E-state index in [4.69, 9.17) is 5.26 Å². The molecule has 0 aliphatic rings. The lowest BCUT2D eigenvalue weighted by Gasteiger charge is -2.42. The van der Waals surface area contributed by atoms with Gasteiger partial charge in [-0.3, -0.25) is 0 Å². The van der Waals surface area contributed by atoms with Crippen molar-refractivity contribution in [3.8, 4) is 6.07 Å². The number of nitrogens with zero attached hydrogens (tertiary/aromatic N) is 1. The van der Waals surface area contributed by atoms with Gasteiger partial charge in [-0.2, -0.15) is 71.1 Å². The monoisotopic (exact) mass is 529 g/mol. The highest BCUT2D eigenvalue weighted by molar-refractivity contribution is 5.39. The minimum atomic E-state index is -8.35. The molecule has 1 aromatic carbocycles. The molecule has 0 fully saturated rings. The highest BCUT2D eigenvalue weighted by atomic mass is 19.4. The molecule has 0 N–H and O–H groups in total. The summed E-state index contributed by atoms with van der Waals surface area (Å²) in [7, 11) is 0.512. The van der Waals surface area contributed by atoms with E-state index in [1.807, 2.05) is 0 Å². The van der Waals surface area contributed by atoms with Crippen molar-refractivity contribution < 1.29 is 70.6 Å². The van der Waals surface area contributed by atoms with E-state index in [2.05, 4.69) is 4.74 Å². The fourth-order valence-electron chi connectivity index (χ4n) is 2.56. The number of hydrogen-bond donors (Lipinski definition) is 0. The Bertz CT molecular complexity index is 916. The van der Waals surface area contributed by atoms with Crippen LogP contribution in [0.15, 0.2) is 24.3 Å². The molecule has 1 atom stereocenters. The van der Waals surface area contributed by atoms with Gasteiger partial charge in [-0.15, -0.1) is 0 Å². The van der Waals surface area contributed by atoms with Crippen molar-refractivity contribution >= 4 is 0 Å². The first-order valence-electron chi connectivity index (χ1n) is 8.33. The Hall–Kier alpha value is -2.38. The van der Waals surface area contributed by atoms with Crippen LogP contribution in [0.2, 0.25) is 0 Å². The third-order valence-electron chi connectivity index (χ3n) is 4.55. The maximum absolute atomic E-state index is 14.1. The number of hydrogen-bond acceptors (Lipinski definition) is 2. The quantitative estimate of drug-likeness (QED) is 0.323. The van der Waals surface area contributed by atoms with Crippen LogP contribution in [0.1, 0.15) is 23.7 Å². The molecule has 17 heteroatoms. The van der Waals surface area contributed by atoms with E-state index in [0.29, 0.717) is 7.11 Å². The van der Waals surface area contributed by atoms with Crippen LogP contribution in [0, 0.1) is 11.3 Å². The van der Waals surface area contributed by atoms with Gasteiger partial charge in [-0.1, -0.05) is 18.2 Å². The molecule has 0 saturated carbocycles. The maximum Gasteiger partial charge on any atom is 0.460 e. The predicted octanol–water partition coefficient (Wildman–Crippen LogP) is 7.01. The summed E-state index contributed by atoms with van der Waals surface area (Å²) >= 11 is 0. The van der Waals surface area contributed by atoms with Crippen LogP contribution >= 0.6 is 0 Å². The topological polar surface area (TPSA) is 33.0 Å². The second-order valence-corrected chi connectivity index (χ2v) is 6.70. The normalized spacial score (nSPS) is 15.7. The summed E-state index contributed by atoms with van der Waals surface area (Å²) < 4.78 is 203. The zero-order valence-corrected chi connectivity index (χ0v) is 16.1. The minimum absolute atomic E-state index is 0.512. The van der Waals surface area contributed by atoms with Crippen molar-refractivity contribution in [3.63, 3.8) is 0 Å². The molecule has 194 valence electrons. The molecule has 0 spiro atoms. The van der Waals surface area contributed by atoms with Crippen LogP contribution in [0.25, 0.3) is 0 Å². The Morgan fingerprint density at radius 1 is 0.706 bits per heavy atom. The molecule has 0 aliphatic heterocycles. The van der Waals surface area contributed by atoms with Gasteiger partial charge in [0.2, 0.25) is 0 Å². The van der Waals surface area contributed by atoms with Crippen LogP contribution in [-0.2, 0) is 4.74 Å². The lowest BCUT2D eigenvalue weighted by Crippen LogP contribution is -2.72. The predicted molar refractivity (Wildman–Crippen MR) is 81.3 cm³/mol. The highest BCUT2D eigenvalue weighted by Gasteiger charge is 2.93. The van der Waals surface area contributed by atoms with Crippen molar-refractivity contribution in [3.05, 3.63) is 35.4 Å². The van der Waals surface area contributed by atoms with E-state index >= 15 is 0 Å². The summed E-state index contributed by atoms with van der Waals surface area (Å²) in [5, 5.41) is 8.88. The van der Waals surface area contributed by atoms with E-state index in [9.17, 15) is 65.9 Å². The van der Waals surface area contributed by atoms with Gasteiger partial charge in [0.1, 0.15) is 0 Å². The Kier molecular flexibility index (Phi) is 7.57. The summed E-state index contributed by atoms with van der Waals surface area (Å²) in [6, 6.07) is 5.20. The largest absolute Gasteiger partial charge is 0.460 e. The SMILES string of the molecule is COC(CC(F)(F)C(F)(F)C(F)(F)C(F)(F)C(F)(F)C(F)(F)C(F)(F)F)c1ccccc1C#N. The van der Waals surface area contributed by atoms with E-state index < -0.39 is 65.4 Å². The third-order valence-corrected chi connectivity index (χ3v) is 4.55.